The van der Waals surface area contributed by atoms with Crippen LogP contribution >= 0.6 is 23.1 Å². The van der Waals surface area contributed by atoms with E-state index in [1.54, 1.807) is 0 Å². The third-order valence-corrected chi connectivity index (χ3v) is 5.47. The molecule has 3 aromatic rings. The first-order chi connectivity index (χ1) is 12.9. The van der Waals surface area contributed by atoms with Crippen molar-refractivity contribution in [2.45, 2.75) is 17.0 Å². The van der Waals surface area contributed by atoms with E-state index in [-0.39, 0.29) is 11.3 Å². The van der Waals surface area contributed by atoms with Gasteiger partial charge in [0, 0.05) is 23.2 Å². The number of nitro benzene ring substituents is 1. The van der Waals surface area contributed by atoms with Crippen molar-refractivity contribution in [1.82, 2.24) is 4.98 Å². The quantitative estimate of drug-likeness (QED) is 0.264. The molecule has 0 radical (unpaired) electrons. The Kier molecular flexibility index (Phi) is 5.67. The number of ether oxygens (including phenoxy) is 1. The number of thiazole rings is 1. The van der Waals surface area contributed by atoms with E-state index in [2.05, 4.69) is 4.98 Å². The van der Waals surface area contributed by atoms with E-state index in [9.17, 15) is 19.7 Å². The van der Waals surface area contributed by atoms with Crippen LogP contribution in [-0.4, -0.2) is 15.9 Å². The summed E-state index contributed by atoms with van der Waals surface area (Å²) in [6.07, 6.45) is 1.03. The molecule has 27 heavy (non-hydrogen) atoms. The predicted octanol–water partition coefficient (Wildman–Crippen LogP) is 3.82. The molecular formula is C17H12N2O6S2. The summed E-state index contributed by atoms with van der Waals surface area (Å²) in [6, 6.07) is 6.55. The number of rotatable bonds is 6. The Morgan fingerprint density at radius 3 is 2.85 bits per heavy atom. The Bertz CT molecular complexity index is 1060. The van der Waals surface area contributed by atoms with Crippen LogP contribution in [0.1, 0.15) is 21.8 Å². The first-order valence-electron chi connectivity index (χ1n) is 7.56. The Labute approximate surface area is 161 Å². The van der Waals surface area contributed by atoms with Gasteiger partial charge >= 0.3 is 5.97 Å². The predicted molar refractivity (Wildman–Crippen MR) is 99.4 cm³/mol. The molecule has 138 valence electrons. The second-order valence-corrected chi connectivity index (χ2v) is 7.36. The first kappa shape index (κ1) is 18.8. The van der Waals surface area contributed by atoms with Gasteiger partial charge in [0.1, 0.15) is 17.6 Å². The minimum atomic E-state index is -1.00. The zero-order chi connectivity index (χ0) is 19.4. The summed E-state index contributed by atoms with van der Waals surface area (Å²) in [7, 11) is 0. The summed E-state index contributed by atoms with van der Waals surface area (Å²) >= 11 is 2.91. The lowest BCUT2D eigenvalue weighted by Gasteiger charge is -2.05. The number of esters is 1. The van der Waals surface area contributed by atoms with E-state index >= 15 is 0 Å². The number of aromatic nitrogens is 1. The van der Waals surface area contributed by atoms with Gasteiger partial charge in [0.05, 0.1) is 10.7 Å². The zero-order valence-electron chi connectivity index (χ0n) is 13.9. The molecule has 0 fully saturated rings. The number of carbonyl (C=O) groups excluding carboxylic acids is 1. The van der Waals surface area contributed by atoms with Crippen LogP contribution in [0.25, 0.3) is 0 Å². The average molecular weight is 404 g/mol. The maximum atomic E-state index is 12.2. The van der Waals surface area contributed by atoms with Crippen molar-refractivity contribution in [3.63, 3.8) is 0 Å². The van der Waals surface area contributed by atoms with Gasteiger partial charge in [-0.1, -0.05) is 23.9 Å². The molecule has 0 saturated carbocycles. The SMILES string of the molecule is Cc1csc(SCc2cc(=O)c(OC(=O)c3ccccc3[N+](=O)[O-])co2)n1. The van der Waals surface area contributed by atoms with Crippen molar-refractivity contribution in [3.8, 4) is 5.75 Å². The summed E-state index contributed by atoms with van der Waals surface area (Å²) in [5, 5.41) is 12.9. The van der Waals surface area contributed by atoms with Crippen LogP contribution in [0.3, 0.4) is 0 Å². The molecule has 1 aromatic carbocycles. The van der Waals surface area contributed by atoms with Crippen LogP contribution < -0.4 is 10.2 Å². The summed E-state index contributed by atoms with van der Waals surface area (Å²) < 4.78 is 11.2. The molecule has 0 bridgehead atoms. The second-order valence-electron chi connectivity index (χ2n) is 5.28. The summed E-state index contributed by atoms with van der Waals surface area (Å²) in [5.41, 5.74) is -0.292. The normalized spacial score (nSPS) is 10.6. The van der Waals surface area contributed by atoms with Crippen molar-refractivity contribution in [2.24, 2.45) is 0 Å². The average Bonchev–Trinajstić information content (AvgIpc) is 3.07. The van der Waals surface area contributed by atoms with Crippen molar-refractivity contribution < 1.29 is 18.9 Å². The molecule has 0 atom stereocenters. The summed E-state index contributed by atoms with van der Waals surface area (Å²) in [5.74, 6) is -0.559. The molecule has 2 heterocycles. The van der Waals surface area contributed by atoms with E-state index in [1.807, 2.05) is 12.3 Å². The molecule has 0 unspecified atom stereocenters. The molecule has 0 aliphatic rings. The van der Waals surface area contributed by atoms with Crippen LogP contribution in [0.2, 0.25) is 0 Å². The molecule has 8 nitrogen and oxygen atoms in total. The maximum Gasteiger partial charge on any atom is 0.350 e. The first-order valence-corrected chi connectivity index (χ1v) is 9.43. The van der Waals surface area contributed by atoms with Crippen LogP contribution in [0.5, 0.6) is 5.75 Å². The highest BCUT2D eigenvalue weighted by molar-refractivity contribution is 8.00. The highest BCUT2D eigenvalue weighted by Gasteiger charge is 2.22. The Hall–Kier alpha value is -2.98. The minimum absolute atomic E-state index is 0.249. The lowest BCUT2D eigenvalue weighted by atomic mass is 10.2. The van der Waals surface area contributed by atoms with Crippen LogP contribution in [-0.2, 0) is 5.75 Å². The van der Waals surface area contributed by atoms with E-state index in [0.717, 1.165) is 16.3 Å². The topological polar surface area (TPSA) is 113 Å². The van der Waals surface area contributed by atoms with Crippen molar-refractivity contribution in [1.29, 1.82) is 0 Å². The number of para-hydroxylation sites is 1. The second kappa shape index (κ2) is 8.14. The van der Waals surface area contributed by atoms with E-state index in [1.165, 1.54) is 53.4 Å². The van der Waals surface area contributed by atoms with E-state index in [0.29, 0.717) is 11.5 Å². The Morgan fingerprint density at radius 2 is 2.19 bits per heavy atom. The molecule has 0 aliphatic carbocycles. The largest absolute Gasteiger partial charge is 0.464 e. The number of nitrogens with zero attached hydrogens (tertiary/aromatic N) is 2. The van der Waals surface area contributed by atoms with Crippen LogP contribution in [0.15, 0.2) is 55.5 Å². The van der Waals surface area contributed by atoms with Gasteiger partial charge in [-0.3, -0.25) is 14.9 Å². The van der Waals surface area contributed by atoms with Gasteiger partial charge in [0.2, 0.25) is 11.2 Å². The summed E-state index contributed by atoms with van der Waals surface area (Å²) in [6.45, 7) is 1.89. The van der Waals surface area contributed by atoms with Gasteiger partial charge in [-0.2, -0.15) is 0 Å². The molecule has 0 saturated heterocycles. The van der Waals surface area contributed by atoms with Crippen molar-refractivity contribution >= 4 is 34.8 Å². The standard InChI is InChI=1S/C17H12N2O6S2/c1-10-8-26-17(18-10)27-9-11-6-14(20)15(7-24-11)25-16(21)12-4-2-3-5-13(12)19(22)23/h2-8H,9H2,1H3. The molecule has 10 heteroatoms. The van der Waals surface area contributed by atoms with Crippen molar-refractivity contribution in [2.75, 3.05) is 0 Å². The van der Waals surface area contributed by atoms with E-state index in [4.69, 9.17) is 9.15 Å². The third kappa shape index (κ3) is 4.60. The van der Waals surface area contributed by atoms with Gasteiger partial charge in [0.25, 0.3) is 5.69 Å². The molecule has 0 spiro atoms. The monoisotopic (exact) mass is 404 g/mol. The number of benzene rings is 1. The molecule has 0 N–H and O–H groups in total. The van der Waals surface area contributed by atoms with Gasteiger partial charge in [-0.15, -0.1) is 11.3 Å². The van der Waals surface area contributed by atoms with Gasteiger partial charge in [0.15, 0.2) is 4.34 Å². The molecule has 3 rings (SSSR count). The molecule has 0 amide bonds. The van der Waals surface area contributed by atoms with Gasteiger partial charge in [-0.25, -0.2) is 9.78 Å². The fourth-order valence-corrected chi connectivity index (χ4v) is 3.82. The third-order valence-electron chi connectivity index (χ3n) is 3.31. The number of carbonyl (C=O) groups is 1. The van der Waals surface area contributed by atoms with E-state index < -0.39 is 22.0 Å². The zero-order valence-corrected chi connectivity index (χ0v) is 15.5. The Morgan fingerprint density at radius 1 is 1.41 bits per heavy atom. The fraction of sp³-hybridized carbons (Fsp3) is 0.118. The lowest BCUT2D eigenvalue weighted by molar-refractivity contribution is -0.385. The molecule has 2 aromatic heterocycles. The smallest absolute Gasteiger partial charge is 0.350 e. The number of hydrogen-bond acceptors (Lipinski definition) is 9. The van der Waals surface area contributed by atoms with Crippen LogP contribution in [0, 0.1) is 17.0 Å². The molecule has 0 aliphatic heterocycles. The van der Waals surface area contributed by atoms with Crippen LogP contribution in [0.4, 0.5) is 5.69 Å². The Balaban J connectivity index is 1.72. The van der Waals surface area contributed by atoms with Gasteiger partial charge in [-0.05, 0) is 13.0 Å². The maximum absolute atomic E-state index is 12.2. The number of thioether (sulfide) groups is 1. The number of hydrogen-bond donors (Lipinski definition) is 0. The van der Waals surface area contributed by atoms with Crippen molar-refractivity contribution in [3.05, 3.63) is 79.3 Å². The summed E-state index contributed by atoms with van der Waals surface area (Å²) in [4.78, 5) is 38.9. The highest BCUT2D eigenvalue weighted by Crippen LogP contribution is 2.26. The lowest BCUT2D eigenvalue weighted by Crippen LogP contribution is -2.16. The molecular weight excluding hydrogens is 392 g/mol. The fourth-order valence-electron chi connectivity index (χ4n) is 2.08. The number of aryl methyl sites for hydroxylation is 1. The van der Waals surface area contributed by atoms with Gasteiger partial charge < -0.3 is 9.15 Å². The highest BCUT2D eigenvalue weighted by atomic mass is 32.2. The number of nitro groups is 1. The minimum Gasteiger partial charge on any atom is -0.464 e.